The molecule has 2 aromatic heterocycles. The molecule has 0 aliphatic heterocycles. The number of aromatic nitrogens is 2. The van der Waals surface area contributed by atoms with Gasteiger partial charge < -0.3 is 15.0 Å². The number of carboxylic acids is 2. The van der Waals surface area contributed by atoms with E-state index in [1.807, 2.05) is 0 Å². The predicted octanol–water partition coefficient (Wildman–Crippen LogP) is 0.484. The third kappa shape index (κ3) is 2.30. The first-order valence-electron chi connectivity index (χ1n) is 5.18. The number of carboxylic acid groups (broad SMARTS) is 2. The van der Waals surface area contributed by atoms with E-state index in [1.165, 1.54) is 12.1 Å². The Morgan fingerprint density at radius 1 is 1.20 bits per heavy atom. The Hall–Kier alpha value is -2.90. The van der Waals surface area contributed by atoms with Crippen molar-refractivity contribution in [3.05, 3.63) is 47.4 Å². The summed E-state index contributed by atoms with van der Waals surface area (Å²) in [7, 11) is 0. The Kier molecular flexibility index (Phi) is 3.38. The number of carbonyl (C=O) groups is 2. The van der Waals surface area contributed by atoms with E-state index < -0.39 is 40.7 Å². The van der Waals surface area contributed by atoms with E-state index in [1.54, 1.807) is 0 Å². The van der Waals surface area contributed by atoms with Crippen molar-refractivity contribution in [2.24, 2.45) is 0 Å². The van der Waals surface area contributed by atoms with Crippen molar-refractivity contribution in [3.63, 3.8) is 0 Å². The van der Waals surface area contributed by atoms with E-state index in [2.05, 4.69) is 9.97 Å². The first kappa shape index (κ1) is 13.5. The van der Waals surface area contributed by atoms with Gasteiger partial charge in [0.1, 0.15) is 11.4 Å². The van der Waals surface area contributed by atoms with Crippen LogP contribution in [0, 0.1) is 11.6 Å². The van der Waals surface area contributed by atoms with E-state index in [4.69, 9.17) is 5.11 Å². The van der Waals surface area contributed by atoms with Gasteiger partial charge in [0.05, 0.1) is 5.97 Å². The van der Waals surface area contributed by atoms with Crippen LogP contribution in [0.1, 0.15) is 21.0 Å². The minimum absolute atomic E-state index is 0.264. The Bertz CT molecular complexity index is 719. The topological polar surface area (TPSA) is 103 Å². The molecule has 0 saturated heterocycles. The van der Waals surface area contributed by atoms with Gasteiger partial charge in [-0.1, -0.05) is 0 Å². The average molecular weight is 279 g/mol. The minimum Gasteiger partial charge on any atom is -0.543 e. The van der Waals surface area contributed by atoms with Crippen LogP contribution in [0.3, 0.4) is 0 Å². The molecule has 0 aliphatic rings. The highest BCUT2D eigenvalue weighted by molar-refractivity contribution is 5.93. The molecule has 2 rings (SSSR count). The molecule has 0 aromatic carbocycles. The molecule has 2 aromatic rings. The second-order valence-corrected chi connectivity index (χ2v) is 3.64. The molecule has 0 bridgehead atoms. The van der Waals surface area contributed by atoms with E-state index in [0.29, 0.717) is 6.07 Å². The zero-order valence-electron chi connectivity index (χ0n) is 9.63. The minimum atomic E-state index is -1.94. The van der Waals surface area contributed by atoms with Crippen LogP contribution < -0.4 is 5.11 Å². The Labute approximate surface area is 110 Å². The third-order valence-corrected chi connectivity index (χ3v) is 2.39. The Balaban J connectivity index is 2.73. The van der Waals surface area contributed by atoms with E-state index in [-0.39, 0.29) is 5.56 Å². The van der Waals surface area contributed by atoms with Gasteiger partial charge in [0.15, 0.2) is 17.3 Å². The highest BCUT2D eigenvalue weighted by Crippen LogP contribution is 2.24. The lowest BCUT2D eigenvalue weighted by molar-refractivity contribution is -0.255. The number of halogens is 2. The zero-order chi connectivity index (χ0) is 14.9. The van der Waals surface area contributed by atoms with Crippen molar-refractivity contribution in [2.45, 2.75) is 0 Å². The SMILES string of the molecule is O=C([O-])c1nc(-c2cccnc2C(=O)O)c(F)cc1F. The maximum atomic E-state index is 13.7. The number of carbonyl (C=O) groups excluding carboxylic acids is 1. The predicted molar refractivity (Wildman–Crippen MR) is 58.7 cm³/mol. The summed E-state index contributed by atoms with van der Waals surface area (Å²) in [5.41, 5.74) is -2.53. The number of rotatable bonds is 3. The lowest BCUT2D eigenvalue weighted by Gasteiger charge is -2.09. The summed E-state index contributed by atoms with van der Waals surface area (Å²) in [5.74, 6) is -6.01. The monoisotopic (exact) mass is 279 g/mol. The second kappa shape index (κ2) is 5.00. The van der Waals surface area contributed by atoms with Crippen molar-refractivity contribution in [1.82, 2.24) is 9.97 Å². The van der Waals surface area contributed by atoms with Crippen molar-refractivity contribution in [1.29, 1.82) is 0 Å². The molecule has 102 valence electrons. The summed E-state index contributed by atoms with van der Waals surface area (Å²) in [5, 5.41) is 19.6. The van der Waals surface area contributed by atoms with Gasteiger partial charge >= 0.3 is 5.97 Å². The van der Waals surface area contributed by atoms with E-state index in [0.717, 1.165) is 6.20 Å². The molecule has 0 atom stereocenters. The molecule has 0 aliphatic carbocycles. The maximum absolute atomic E-state index is 13.7. The van der Waals surface area contributed by atoms with Gasteiger partial charge in [-0.25, -0.2) is 23.5 Å². The van der Waals surface area contributed by atoms with Crippen LogP contribution in [0.4, 0.5) is 8.78 Å². The number of pyridine rings is 2. The second-order valence-electron chi connectivity index (χ2n) is 3.64. The van der Waals surface area contributed by atoms with Crippen LogP contribution in [-0.4, -0.2) is 27.0 Å². The third-order valence-electron chi connectivity index (χ3n) is 2.39. The number of nitrogens with zero attached hydrogens (tertiary/aromatic N) is 2. The Morgan fingerprint density at radius 3 is 2.50 bits per heavy atom. The lowest BCUT2D eigenvalue weighted by atomic mass is 10.1. The van der Waals surface area contributed by atoms with Gasteiger partial charge in [-0.3, -0.25) is 0 Å². The molecule has 0 saturated carbocycles. The lowest BCUT2D eigenvalue weighted by Crippen LogP contribution is -2.25. The van der Waals surface area contributed by atoms with Crippen molar-refractivity contribution in [2.75, 3.05) is 0 Å². The number of hydrogen-bond donors (Lipinski definition) is 1. The van der Waals surface area contributed by atoms with Gasteiger partial charge in [-0.05, 0) is 12.1 Å². The number of hydrogen-bond acceptors (Lipinski definition) is 5. The van der Waals surface area contributed by atoms with Crippen molar-refractivity contribution in [3.8, 4) is 11.3 Å². The van der Waals surface area contributed by atoms with Gasteiger partial charge in [0, 0.05) is 17.8 Å². The van der Waals surface area contributed by atoms with Gasteiger partial charge in [0.2, 0.25) is 0 Å². The fourth-order valence-corrected chi connectivity index (χ4v) is 1.57. The van der Waals surface area contributed by atoms with Crippen molar-refractivity contribution < 1.29 is 28.6 Å². The molecule has 1 N–H and O–H groups in total. The molecule has 0 unspecified atom stereocenters. The normalized spacial score (nSPS) is 10.3. The molecule has 0 amide bonds. The number of aromatic carboxylic acids is 2. The smallest absolute Gasteiger partial charge is 0.355 e. The van der Waals surface area contributed by atoms with Gasteiger partial charge in [-0.2, -0.15) is 0 Å². The van der Waals surface area contributed by atoms with Gasteiger partial charge in [-0.15, -0.1) is 0 Å². The van der Waals surface area contributed by atoms with Crippen LogP contribution in [0.25, 0.3) is 11.3 Å². The van der Waals surface area contributed by atoms with Crippen LogP contribution >= 0.6 is 0 Å². The van der Waals surface area contributed by atoms with Gasteiger partial charge in [0.25, 0.3) is 0 Å². The fraction of sp³-hybridized carbons (Fsp3) is 0. The molecule has 6 nitrogen and oxygen atoms in total. The summed E-state index contributed by atoms with van der Waals surface area (Å²) in [6, 6.07) is 2.79. The average Bonchev–Trinajstić information content (AvgIpc) is 2.38. The Morgan fingerprint density at radius 2 is 1.90 bits per heavy atom. The quantitative estimate of drug-likeness (QED) is 0.876. The molecule has 0 radical (unpaired) electrons. The summed E-state index contributed by atoms with van der Waals surface area (Å²) < 4.78 is 26.9. The fourth-order valence-electron chi connectivity index (χ4n) is 1.57. The van der Waals surface area contributed by atoms with Crippen LogP contribution in [0.2, 0.25) is 0 Å². The summed E-state index contributed by atoms with van der Waals surface area (Å²) in [6.45, 7) is 0. The molecule has 20 heavy (non-hydrogen) atoms. The van der Waals surface area contributed by atoms with E-state index in [9.17, 15) is 23.5 Å². The zero-order valence-corrected chi connectivity index (χ0v) is 9.63. The standard InChI is InChI=1S/C12H6F2N2O4/c13-6-4-7(14)10(12(19)20)16-8(6)5-2-1-3-15-9(5)11(17)18/h1-4H,(H,17,18)(H,19,20)/p-1. The highest BCUT2D eigenvalue weighted by atomic mass is 19.1. The van der Waals surface area contributed by atoms with Crippen LogP contribution in [0.15, 0.2) is 24.4 Å². The summed E-state index contributed by atoms with van der Waals surface area (Å²) in [6.07, 6.45) is 1.16. The van der Waals surface area contributed by atoms with E-state index >= 15 is 0 Å². The first-order valence-corrected chi connectivity index (χ1v) is 5.18. The molecular formula is C12H5F2N2O4-. The maximum Gasteiger partial charge on any atom is 0.355 e. The largest absolute Gasteiger partial charge is 0.543 e. The van der Waals surface area contributed by atoms with Crippen LogP contribution in [-0.2, 0) is 0 Å². The van der Waals surface area contributed by atoms with Crippen LogP contribution in [0.5, 0.6) is 0 Å². The molecule has 0 spiro atoms. The molecular weight excluding hydrogens is 274 g/mol. The molecule has 0 fully saturated rings. The highest BCUT2D eigenvalue weighted by Gasteiger charge is 2.20. The van der Waals surface area contributed by atoms with Crippen molar-refractivity contribution >= 4 is 11.9 Å². The molecule has 8 heteroatoms. The summed E-state index contributed by atoms with van der Waals surface area (Å²) >= 11 is 0. The molecule has 2 heterocycles. The summed E-state index contributed by atoms with van der Waals surface area (Å²) in [4.78, 5) is 28.4. The first-order chi connectivity index (χ1) is 9.41.